The van der Waals surface area contributed by atoms with Crippen LogP contribution in [0.25, 0.3) is 0 Å². The molecule has 0 radical (unpaired) electrons. The van der Waals surface area contributed by atoms with Crippen LogP contribution in [0.3, 0.4) is 0 Å². The first kappa shape index (κ1) is 20.0. The third-order valence-electron chi connectivity index (χ3n) is 4.96. The Morgan fingerprint density at radius 2 is 1.63 bits per heavy atom. The molecule has 0 aliphatic carbocycles. The Bertz CT molecular complexity index is 1130. The molecule has 30 heavy (non-hydrogen) atoms. The summed E-state index contributed by atoms with van der Waals surface area (Å²) in [7, 11) is -3.71. The highest BCUT2D eigenvalue weighted by atomic mass is 32.2. The summed E-state index contributed by atoms with van der Waals surface area (Å²) in [5.74, 6) is 0.855. The maximum Gasteiger partial charge on any atom is 0.261 e. The summed E-state index contributed by atoms with van der Waals surface area (Å²) in [5.41, 5.74) is 2.03. The Kier molecular flexibility index (Phi) is 5.72. The third kappa shape index (κ3) is 4.63. The van der Waals surface area contributed by atoms with E-state index in [1.54, 1.807) is 24.3 Å². The Balaban J connectivity index is 1.35. The Morgan fingerprint density at radius 1 is 0.933 bits per heavy atom. The maximum atomic E-state index is 12.5. The van der Waals surface area contributed by atoms with Gasteiger partial charge < -0.3 is 10.1 Å². The summed E-state index contributed by atoms with van der Waals surface area (Å²) in [6, 6.07) is 22.5. The van der Waals surface area contributed by atoms with E-state index in [0.29, 0.717) is 24.4 Å². The number of benzene rings is 3. The van der Waals surface area contributed by atoms with E-state index >= 15 is 0 Å². The van der Waals surface area contributed by atoms with Gasteiger partial charge in [-0.25, -0.2) is 8.42 Å². The molecule has 0 bridgehead atoms. The maximum absolute atomic E-state index is 12.5. The van der Waals surface area contributed by atoms with E-state index in [1.165, 1.54) is 24.3 Å². The van der Waals surface area contributed by atoms with Gasteiger partial charge >= 0.3 is 0 Å². The van der Waals surface area contributed by atoms with Gasteiger partial charge in [0.15, 0.2) is 0 Å². The van der Waals surface area contributed by atoms with Gasteiger partial charge in [0, 0.05) is 23.7 Å². The van der Waals surface area contributed by atoms with Gasteiger partial charge in [0.2, 0.25) is 0 Å². The van der Waals surface area contributed by atoms with Crippen molar-refractivity contribution in [3.63, 3.8) is 0 Å². The number of hydrogen-bond acceptors (Lipinski definition) is 4. The van der Waals surface area contributed by atoms with Gasteiger partial charge in [-0.1, -0.05) is 36.4 Å². The molecule has 1 unspecified atom stereocenters. The van der Waals surface area contributed by atoms with Gasteiger partial charge in [-0.05, 0) is 54.4 Å². The summed E-state index contributed by atoms with van der Waals surface area (Å²) >= 11 is 0. The Labute approximate surface area is 176 Å². The minimum atomic E-state index is -3.71. The summed E-state index contributed by atoms with van der Waals surface area (Å²) in [6.07, 6.45) is 0.846. The Hall–Kier alpha value is -3.32. The number of nitrogens with one attached hydrogen (secondary N) is 2. The van der Waals surface area contributed by atoms with Crippen molar-refractivity contribution < 1.29 is 17.9 Å². The highest BCUT2D eigenvalue weighted by Gasteiger charge is 2.20. The van der Waals surface area contributed by atoms with E-state index in [0.717, 1.165) is 17.7 Å². The van der Waals surface area contributed by atoms with E-state index in [4.69, 9.17) is 4.74 Å². The molecule has 3 aromatic rings. The molecule has 1 heterocycles. The summed E-state index contributed by atoms with van der Waals surface area (Å²) in [5, 5.41) is 2.91. The van der Waals surface area contributed by atoms with E-state index in [9.17, 15) is 13.2 Å². The van der Waals surface area contributed by atoms with Crippen molar-refractivity contribution in [3.8, 4) is 5.75 Å². The van der Waals surface area contributed by atoms with Gasteiger partial charge in [-0.15, -0.1) is 0 Å². The van der Waals surface area contributed by atoms with Crippen LogP contribution in [-0.2, 0) is 16.4 Å². The first-order valence-electron chi connectivity index (χ1n) is 9.68. The minimum absolute atomic E-state index is 0.0974. The molecule has 3 aromatic carbocycles. The zero-order valence-corrected chi connectivity index (χ0v) is 17.1. The fourth-order valence-corrected chi connectivity index (χ4v) is 4.43. The van der Waals surface area contributed by atoms with Gasteiger partial charge in [-0.3, -0.25) is 9.52 Å². The summed E-state index contributed by atoms with van der Waals surface area (Å²) < 4.78 is 33.2. The number of carbonyl (C=O) groups is 1. The van der Waals surface area contributed by atoms with E-state index < -0.39 is 10.0 Å². The van der Waals surface area contributed by atoms with E-state index in [-0.39, 0.29) is 16.7 Å². The third-order valence-corrected chi connectivity index (χ3v) is 6.36. The molecule has 4 rings (SSSR count). The largest absolute Gasteiger partial charge is 0.493 e. The highest BCUT2D eigenvalue weighted by molar-refractivity contribution is 7.92. The lowest BCUT2D eigenvalue weighted by molar-refractivity contribution is 0.0939. The number of rotatable bonds is 6. The first-order chi connectivity index (χ1) is 14.5. The number of ether oxygens (including phenoxy) is 1. The average Bonchev–Trinajstić information content (AvgIpc) is 2.78. The SMILES string of the molecule is O=C(NCC1COc2ccccc2C1)c1ccc(S(=O)(=O)Nc2ccccc2)cc1. The van der Waals surface area contributed by atoms with Crippen molar-refractivity contribution in [2.24, 2.45) is 5.92 Å². The van der Waals surface area contributed by atoms with E-state index in [2.05, 4.69) is 10.0 Å². The molecule has 6 nitrogen and oxygen atoms in total. The van der Waals surface area contributed by atoms with E-state index in [1.807, 2.05) is 30.3 Å². The second-order valence-corrected chi connectivity index (χ2v) is 8.88. The van der Waals surface area contributed by atoms with Gasteiger partial charge in [0.1, 0.15) is 5.75 Å². The molecular formula is C23H22N2O4S. The number of sulfonamides is 1. The zero-order valence-electron chi connectivity index (χ0n) is 16.2. The smallest absolute Gasteiger partial charge is 0.261 e. The predicted molar refractivity (Wildman–Crippen MR) is 115 cm³/mol. The fraction of sp³-hybridized carbons (Fsp3) is 0.174. The van der Waals surface area contributed by atoms with Crippen molar-refractivity contribution in [2.45, 2.75) is 11.3 Å². The van der Waals surface area contributed by atoms with Crippen molar-refractivity contribution in [2.75, 3.05) is 17.9 Å². The monoisotopic (exact) mass is 422 g/mol. The number of fused-ring (bicyclic) bond motifs is 1. The average molecular weight is 423 g/mol. The number of carbonyl (C=O) groups excluding carboxylic acids is 1. The van der Waals surface area contributed by atoms with Crippen LogP contribution >= 0.6 is 0 Å². The van der Waals surface area contributed by atoms with Crippen molar-refractivity contribution >= 4 is 21.6 Å². The van der Waals surface area contributed by atoms with Crippen molar-refractivity contribution in [1.82, 2.24) is 5.32 Å². The molecule has 0 aromatic heterocycles. The van der Waals surface area contributed by atoms with Crippen LogP contribution in [0, 0.1) is 5.92 Å². The van der Waals surface area contributed by atoms with Crippen LogP contribution < -0.4 is 14.8 Å². The summed E-state index contributed by atoms with van der Waals surface area (Å²) in [4.78, 5) is 12.6. The molecule has 0 fully saturated rings. The molecule has 2 N–H and O–H groups in total. The van der Waals surface area contributed by atoms with Crippen LogP contribution in [0.15, 0.2) is 83.8 Å². The van der Waals surface area contributed by atoms with Crippen LogP contribution in [0.2, 0.25) is 0 Å². The van der Waals surface area contributed by atoms with Crippen molar-refractivity contribution in [1.29, 1.82) is 0 Å². The zero-order chi connectivity index (χ0) is 21.0. The molecule has 7 heteroatoms. The highest BCUT2D eigenvalue weighted by Crippen LogP contribution is 2.26. The van der Waals surface area contributed by atoms with Gasteiger partial charge in [-0.2, -0.15) is 0 Å². The van der Waals surface area contributed by atoms with Gasteiger partial charge in [0.05, 0.1) is 11.5 Å². The van der Waals surface area contributed by atoms with Crippen LogP contribution in [-0.4, -0.2) is 27.5 Å². The van der Waals surface area contributed by atoms with Crippen LogP contribution in [0.1, 0.15) is 15.9 Å². The molecule has 1 amide bonds. The molecule has 1 atom stereocenters. The molecule has 0 saturated carbocycles. The second-order valence-electron chi connectivity index (χ2n) is 7.19. The van der Waals surface area contributed by atoms with Crippen molar-refractivity contribution in [3.05, 3.63) is 90.0 Å². The quantitative estimate of drug-likeness (QED) is 0.637. The molecule has 1 aliphatic rings. The summed E-state index contributed by atoms with van der Waals surface area (Å²) in [6.45, 7) is 1.04. The standard InChI is InChI=1S/C23H22N2O4S/c26-23(24-15-17-14-19-6-4-5-9-22(19)29-16-17)18-10-12-21(13-11-18)30(27,28)25-20-7-2-1-3-8-20/h1-13,17,25H,14-16H2,(H,24,26). The number of hydrogen-bond donors (Lipinski definition) is 2. The molecule has 1 aliphatic heterocycles. The molecule has 0 saturated heterocycles. The number of para-hydroxylation sites is 2. The van der Waals surface area contributed by atoms with Crippen LogP contribution in [0.5, 0.6) is 5.75 Å². The van der Waals surface area contributed by atoms with Crippen LogP contribution in [0.4, 0.5) is 5.69 Å². The second kappa shape index (κ2) is 8.59. The molecule has 0 spiro atoms. The lowest BCUT2D eigenvalue weighted by Gasteiger charge is -2.25. The molecule has 154 valence electrons. The minimum Gasteiger partial charge on any atom is -0.493 e. The van der Waals surface area contributed by atoms with Gasteiger partial charge in [0.25, 0.3) is 15.9 Å². The predicted octanol–water partition coefficient (Wildman–Crippen LogP) is 3.47. The first-order valence-corrected chi connectivity index (χ1v) is 11.2. The fourth-order valence-electron chi connectivity index (χ4n) is 3.37. The normalized spacial score (nSPS) is 15.5. The number of anilines is 1. The lowest BCUT2D eigenvalue weighted by atomic mass is 9.96. The topological polar surface area (TPSA) is 84.5 Å². The Morgan fingerprint density at radius 3 is 2.40 bits per heavy atom. The molecular weight excluding hydrogens is 400 g/mol. The number of amides is 1. The lowest BCUT2D eigenvalue weighted by Crippen LogP contribution is -2.34.